The van der Waals surface area contributed by atoms with E-state index in [1.54, 1.807) is 7.11 Å². The Bertz CT molecular complexity index is 1680. The number of anilines is 1. The van der Waals surface area contributed by atoms with E-state index in [4.69, 9.17) is 4.74 Å². The molecular weight excluding hydrogens is 548 g/mol. The minimum atomic E-state index is 0.0873. The number of ether oxygens (including phenoxy) is 1. The van der Waals surface area contributed by atoms with Gasteiger partial charge in [0.05, 0.1) is 13.2 Å². The van der Waals surface area contributed by atoms with Gasteiger partial charge in [0.25, 0.3) is 5.91 Å². The summed E-state index contributed by atoms with van der Waals surface area (Å²) in [5.74, 6) is 2.15. The number of hydrogen-bond acceptors (Lipinski definition) is 6. The maximum absolute atomic E-state index is 13.5. The Hall–Kier alpha value is -4.35. The van der Waals surface area contributed by atoms with E-state index >= 15 is 0 Å². The molecule has 1 N–H and O–H groups in total. The van der Waals surface area contributed by atoms with Crippen LogP contribution in [0.5, 0.6) is 5.75 Å². The second-order valence-electron chi connectivity index (χ2n) is 12.9. The van der Waals surface area contributed by atoms with Crippen molar-refractivity contribution >= 4 is 22.6 Å². The first-order chi connectivity index (χ1) is 21.5. The molecule has 3 fully saturated rings. The van der Waals surface area contributed by atoms with Crippen LogP contribution in [0.2, 0.25) is 0 Å². The third kappa shape index (κ3) is 5.20. The second-order valence-corrected chi connectivity index (χ2v) is 12.9. The van der Waals surface area contributed by atoms with Crippen LogP contribution in [-0.4, -0.2) is 65.5 Å². The second kappa shape index (κ2) is 11.6. The summed E-state index contributed by atoms with van der Waals surface area (Å²) in [5, 5.41) is 10.7. The molecule has 2 aromatic heterocycles. The van der Waals surface area contributed by atoms with Crippen molar-refractivity contribution in [2.75, 3.05) is 44.7 Å². The van der Waals surface area contributed by atoms with Crippen molar-refractivity contribution in [2.24, 2.45) is 11.3 Å². The molecule has 2 aromatic carbocycles. The number of benzene rings is 2. The molecule has 0 bridgehead atoms. The Morgan fingerprint density at radius 1 is 1.07 bits per heavy atom. The van der Waals surface area contributed by atoms with Crippen LogP contribution in [0.25, 0.3) is 10.9 Å². The lowest BCUT2D eigenvalue weighted by molar-refractivity contribution is -0.0298. The third-order valence-electron chi connectivity index (χ3n) is 10.3. The van der Waals surface area contributed by atoms with E-state index in [-0.39, 0.29) is 23.3 Å². The van der Waals surface area contributed by atoms with Crippen molar-refractivity contribution < 1.29 is 9.53 Å². The lowest BCUT2D eigenvalue weighted by Gasteiger charge is -2.53. The van der Waals surface area contributed by atoms with Crippen LogP contribution in [-0.2, 0) is 6.54 Å². The Balaban J connectivity index is 1.11. The number of piperidine rings is 1. The number of pyridine rings is 1. The van der Waals surface area contributed by atoms with Gasteiger partial charge in [-0.3, -0.25) is 9.69 Å². The third-order valence-corrected chi connectivity index (χ3v) is 10.3. The average Bonchev–Trinajstić information content (AvgIpc) is 3.56. The number of nitriles is 1. The van der Waals surface area contributed by atoms with Gasteiger partial charge in [0.2, 0.25) is 0 Å². The highest BCUT2D eigenvalue weighted by Gasteiger charge is 2.49. The number of rotatable bonds is 6. The summed E-state index contributed by atoms with van der Waals surface area (Å²) >= 11 is 0. The van der Waals surface area contributed by atoms with Crippen LogP contribution in [0.4, 0.5) is 5.82 Å². The number of aromatic amines is 1. The van der Waals surface area contributed by atoms with E-state index in [1.807, 2.05) is 47.6 Å². The van der Waals surface area contributed by atoms with E-state index in [1.165, 1.54) is 22.1 Å². The molecule has 1 spiro atoms. The molecule has 1 amide bonds. The van der Waals surface area contributed by atoms with E-state index in [0.29, 0.717) is 13.1 Å². The van der Waals surface area contributed by atoms with Gasteiger partial charge in [-0.05, 0) is 92.1 Å². The lowest BCUT2D eigenvalue weighted by atomic mass is 9.56. The van der Waals surface area contributed by atoms with Gasteiger partial charge in [-0.2, -0.15) is 5.26 Å². The van der Waals surface area contributed by atoms with Gasteiger partial charge < -0.3 is 19.5 Å². The number of carbonyl (C=O) groups excluding carboxylic acids is 1. The molecule has 44 heavy (non-hydrogen) atoms. The fourth-order valence-corrected chi connectivity index (χ4v) is 7.84. The van der Waals surface area contributed by atoms with Crippen LogP contribution in [0.1, 0.15) is 58.8 Å². The Morgan fingerprint density at radius 3 is 2.57 bits per heavy atom. The molecule has 0 unspecified atom stereocenters. The maximum Gasteiger partial charge on any atom is 0.253 e. The number of piperazine rings is 1. The molecule has 7 rings (SSSR count). The number of carbonyl (C=O) groups is 1. The zero-order chi connectivity index (χ0) is 30.3. The fourth-order valence-electron chi connectivity index (χ4n) is 7.84. The number of H-pyrrole nitrogens is 1. The number of fused-ring (bicyclic) bond motifs is 1. The first kappa shape index (κ1) is 28.4. The zero-order valence-corrected chi connectivity index (χ0v) is 25.6. The zero-order valence-electron chi connectivity index (χ0n) is 25.6. The summed E-state index contributed by atoms with van der Waals surface area (Å²) in [6, 6.07) is 21.3. The normalized spacial score (nSPS) is 23.8. The largest absolute Gasteiger partial charge is 0.496 e. The number of nitrogens with one attached hydrogen (secondary N) is 1. The number of aromatic nitrogens is 2. The number of methoxy groups -OCH3 is 1. The fraction of sp³-hybridized carbons (Fsp3) is 0.417. The van der Waals surface area contributed by atoms with Gasteiger partial charge in [0.1, 0.15) is 11.6 Å². The van der Waals surface area contributed by atoms with Crippen LogP contribution in [0, 0.1) is 29.6 Å². The number of hydrogen-bond donors (Lipinski definition) is 1. The van der Waals surface area contributed by atoms with E-state index in [2.05, 4.69) is 57.0 Å². The molecule has 0 radical (unpaired) electrons. The summed E-state index contributed by atoms with van der Waals surface area (Å²) in [6.07, 6.45) is 7.93. The minimum absolute atomic E-state index is 0.0873. The minimum Gasteiger partial charge on any atom is -0.496 e. The predicted octanol–water partition coefficient (Wildman–Crippen LogP) is 6.10. The standard InChI is InChI=1S/C36H40N6O2/c1-25-19-32(44-2)30(29-10-13-39-34(25)29)24-42-14-11-36(20-26(21-36)23-37)22-31(42)27-6-8-28(9-7-27)35(43)41-17-15-40(16-18-41)33-5-3-4-12-38-33/h3-10,12-13,19,26,31,39H,11,14-18,20-22,24H2,1-2H3/t26?,31-,36?/m0/s1. The Morgan fingerprint density at radius 2 is 1.86 bits per heavy atom. The predicted molar refractivity (Wildman–Crippen MR) is 172 cm³/mol. The van der Waals surface area contributed by atoms with Crippen molar-refractivity contribution in [1.82, 2.24) is 19.8 Å². The van der Waals surface area contributed by atoms with Crippen molar-refractivity contribution in [3.05, 3.63) is 89.2 Å². The van der Waals surface area contributed by atoms with Gasteiger partial charge in [-0.25, -0.2) is 4.98 Å². The average molecular weight is 589 g/mol. The Kier molecular flexibility index (Phi) is 7.51. The van der Waals surface area contributed by atoms with Gasteiger partial charge in [0.15, 0.2) is 0 Å². The summed E-state index contributed by atoms with van der Waals surface area (Å²) in [5.41, 5.74) is 5.73. The molecule has 1 atom stereocenters. The van der Waals surface area contributed by atoms with Crippen LogP contribution < -0.4 is 9.64 Å². The molecule has 4 aromatic rings. The molecule has 4 heterocycles. The van der Waals surface area contributed by atoms with Crippen molar-refractivity contribution in [2.45, 2.75) is 45.2 Å². The number of amides is 1. The topological polar surface area (TPSA) is 88.5 Å². The van der Waals surface area contributed by atoms with Crippen LogP contribution in [0.3, 0.4) is 0 Å². The van der Waals surface area contributed by atoms with Crippen molar-refractivity contribution in [1.29, 1.82) is 5.26 Å². The molecule has 2 saturated heterocycles. The molecule has 1 aliphatic carbocycles. The monoisotopic (exact) mass is 588 g/mol. The number of aryl methyl sites for hydroxylation is 1. The summed E-state index contributed by atoms with van der Waals surface area (Å²) in [7, 11) is 1.75. The molecule has 3 aliphatic rings. The molecule has 8 heteroatoms. The molecule has 226 valence electrons. The van der Waals surface area contributed by atoms with Gasteiger partial charge in [-0.15, -0.1) is 0 Å². The summed E-state index contributed by atoms with van der Waals surface area (Å²) in [4.78, 5) is 28.1. The highest BCUT2D eigenvalue weighted by Crippen LogP contribution is 2.57. The van der Waals surface area contributed by atoms with Crippen LogP contribution >= 0.6 is 0 Å². The molecular formula is C36H40N6O2. The van der Waals surface area contributed by atoms with Gasteiger partial charge in [-0.1, -0.05) is 18.2 Å². The molecule has 8 nitrogen and oxygen atoms in total. The lowest BCUT2D eigenvalue weighted by Crippen LogP contribution is -2.49. The summed E-state index contributed by atoms with van der Waals surface area (Å²) in [6.45, 7) is 6.78. The number of likely N-dealkylation sites (tertiary alicyclic amines) is 1. The maximum atomic E-state index is 13.5. The van der Waals surface area contributed by atoms with Gasteiger partial charge >= 0.3 is 0 Å². The quantitative estimate of drug-likeness (QED) is 0.293. The highest BCUT2D eigenvalue weighted by molar-refractivity contribution is 5.94. The smallest absolute Gasteiger partial charge is 0.253 e. The Labute approximate surface area is 259 Å². The van der Waals surface area contributed by atoms with E-state index in [0.717, 1.165) is 74.5 Å². The summed E-state index contributed by atoms with van der Waals surface area (Å²) < 4.78 is 5.89. The van der Waals surface area contributed by atoms with Crippen molar-refractivity contribution in [3.8, 4) is 11.8 Å². The van der Waals surface area contributed by atoms with Gasteiger partial charge in [0, 0.05) is 79.1 Å². The SMILES string of the molecule is COc1cc(C)c2[nH]ccc2c1CN1CCC2(CC(C#N)C2)C[C@H]1c1ccc(C(=O)N2CCN(c3ccccn3)CC2)cc1. The van der Waals surface area contributed by atoms with E-state index in [9.17, 15) is 10.1 Å². The highest BCUT2D eigenvalue weighted by atomic mass is 16.5. The van der Waals surface area contributed by atoms with Crippen LogP contribution in [0.15, 0.2) is 67.0 Å². The first-order valence-corrected chi connectivity index (χ1v) is 15.8. The van der Waals surface area contributed by atoms with E-state index < -0.39 is 0 Å². The first-order valence-electron chi connectivity index (χ1n) is 15.8. The number of nitrogens with zero attached hydrogens (tertiary/aromatic N) is 5. The molecule has 2 aliphatic heterocycles. The van der Waals surface area contributed by atoms with Crippen molar-refractivity contribution in [3.63, 3.8) is 0 Å². The molecule has 1 saturated carbocycles.